The van der Waals surface area contributed by atoms with E-state index < -0.39 is 0 Å². The Balaban J connectivity index is 2.13. The molecule has 0 saturated carbocycles. The minimum atomic E-state index is 0.0147. The SMILES string of the molecule is Cc1cccc2c1COC1(C)CNCC21. The van der Waals surface area contributed by atoms with Crippen LogP contribution in [0.5, 0.6) is 0 Å². The van der Waals surface area contributed by atoms with Crippen LogP contribution < -0.4 is 5.32 Å². The van der Waals surface area contributed by atoms with E-state index in [1.165, 1.54) is 16.7 Å². The highest BCUT2D eigenvalue weighted by molar-refractivity contribution is 5.40. The molecule has 1 aromatic rings. The quantitative estimate of drug-likeness (QED) is 0.696. The lowest BCUT2D eigenvalue weighted by atomic mass is 9.80. The molecular weight excluding hydrogens is 186 g/mol. The second-order valence-electron chi connectivity index (χ2n) is 4.93. The number of benzene rings is 1. The van der Waals surface area contributed by atoms with E-state index in [4.69, 9.17) is 4.74 Å². The van der Waals surface area contributed by atoms with Crippen molar-refractivity contribution in [3.05, 3.63) is 34.9 Å². The van der Waals surface area contributed by atoms with Gasteiger partial charge in [0.2, 0.25) is 0 Å². The molecule has 15 heavy (non-hydrogen) atoms. The molecule has 0 bridgehead atoms. The van der Waals surface area contributed by atoms with Gasteiger partial charge < -0.3 is 10.1 Å². The number of aryl methyl sites for hydroxylation is 1. The first-order valence-corrected chi connectivity index (χ1v) is 5.64. The van der Waals surface area contributed by atoms with Crippen LogP contribution in [0.2, 0.25) is 0 Å². The highest BCUT2D eigenvalue weighted by Gasteiger charge is 2.44. The van der Waals surface area contributed by atoms with Crippen molar-refractivity contribution < 1.29 is 4.74 Å². The van der Waals surface area contributed by atoms with Crippen molar-refractivity contribution in [3.63, 3.8) is 0 Å². The summed E-state index contributed by atoms with van der Waals surface area (Å²) in [6.45, 7) is 7.20. The lowest BCUT2D eigenvalue weighted by molar-refractivity contribution is -0.0520. The van der Waals surface area contributed by atoms with Crippen molar-refractivity contribution in [1.82, 2.24) is 5.32 Å². The molecule has 2 heteroatoms. The third-order valence-electron chi connectivity index (χ3n) is 3.93. The van der Waals surface area contributed by atoms with Gasteiger partial charge in [-0.3, -0.25) is 0 Å². The molecule has 2 unspecified atom stereocenters. The Morgan fingerprint density at radius 2 is 2.33 bits per heavy atom. The van der Waals surface area contributed by atoms with Crippen molar-refractivity contribution in [2.75, 3.05) is 13.1 Å². The zero-order valence-electron chi connectivity index (χ0n) is 9.34. The van der Waals surface area contributed by atoms with E-state index in [2.05, 4.69) is 37.4 Å². The summed E-state index contributed by atoms with van der Waals surface area (Å²) >= 11 is 0. The van der Waals surface area contributed by atoms with Gasteiger partial charge in [0, 0.05) is 19.0 Å². The molecule has 3 rings (SSSR count). The molecule has 1 aromatic carbocycles. The molecule has 0 radical (unpaired) electrons. The molecule has 0 amide bonds. The average molecular weight is 203 g/mol. The van der Waals surface area contributed by atoms with E-state index in [9.17, 15) is 0 Å². The van der Waals surface area contributed by atoms with Crippen molar-refractivity contribution in [2.45, 2.75) is 32.0 Å². The van der Waals surface area contributed by atoms with Crippen LogP contribution in [0.3, 0.4) is 0 Å². The fraction of sp³-hybridized carbons (Fsp3) is 0.538. The summed E-state index contributed by atoms with van der Waals surface area (Å²) in [7, 11) is 0. The van der Waals surface area contributed by atoms with Gasteiger partial charge in [0.25, 0.3) is 0 Å². The molecule has 1 N–H and O–H groups in total. The maximum atomic E-state index is 6.03. The highest BCUT2D eigenvalue weighted by Crippen LogP contribution is 2.41. The van der Waals surface area contributed by atoms with E-state index in [1.54, 1.807) is 0 Å². The smallest absolute Gasteiger partial charge is 0.0863 e. The summed E-state index contributed by atoms with van der Waals surface area (Å²) < 4.78 is 6.03. The Hall–Kier alpha value is -0.860. The molecule has 2 heterocycles. The van der Waals surface area contributed by atoms with Gasteiger partial charge in [0.15, 0.2) is 0 Å². The predicted octanol–water partition coefficient (Wildman–Crippen LogP) is 1.97. The highest BCUT2D eigenvalue weighted by atomic mass is 16.5. The summed E-state index contributed by atoms with van der Waals surface area (Å²) in [5.41, 5.74) is 4.28. The molecule has 80 valence electrons. The second-order valence-corrected chi connectivity index (χ2v) is 4.93. The van der Waals surface area contributed by atoms with Gasteiger partial charge in [-0.25, -0.2) is 0 Å². The first kappa shape index (κ1) is 9.37. The fourth-order valence-corrected chi connectivity index (χ4v) is 2.88. The van der Waals surface area contributed by atoms with E-state index in [0.29, 0.717) is 5.92 Å². The van der Waals surface area contributed by atoms with Crippen LogP contribution in [-0.4, -0.2) is 18.7 Å². The van der Waals surface area contributed by atoms with Crippen LogP contribution in [0.15, 0.2) is 18.2 Å². The molecule has 2 aliphatic rings. The van der Waals surface area contributed by atoms with Crippen LogP contribution in [0.25, 0.3) is 0 Å². The summed E-state index contributed by atoms with van der Waals surface area (Å²) in [6, 6.07) is 6.60. The Kier molecular flexibility index (Phi) is 1.91. The summed E-state index contributed by atoms with van der Waals surface area (Å²) in [5, 5.41) is 3.44. The van der Waals surface area contributed by atoms with Crippen LogP contribution in [0.1, 0.15) is 29.5 Å². The molecule has 0 aromatic heterocycles. The van der Waals surface area contributed by atoms with E-state index >= 15 is 0 Å². The zero-order chi connectivity index (χ0) is 10.5. The Labute approximate surface area is 90.6 Å². The number of rotatable bonds is 0. The van der Waals surface area contributed by atoms with Gasteiger partial charge in [-0.15, -0.1) is 0 Å². The number of nitrogens with one attached hydrogen (secondary N) is 1. The van der Waals surface area contributed by atoms with Gasteiger partial charge in [0.1, 0.15) is 0 Å². The third-order valence-corrected chi connectivity index (χ3v) is 3.93. The molecular formula is C13H17NO. The third kappa shape index (κ3) is 1.25. The Morgan fingerprint density at radius 1 is 1.47 bits per heavy atom. The van der Waals surface area contributed by atoms with Crippen molar-refractivity contribution in [1.29, 1.82) is 0 Å². The Morgan fingerprint density at radius 3 is 3.20 bits per heavy atom. The maximum absolute atomic E-state index is 6.03. The number of hydrogen-bond donors (Lipinski definition) is 1. The van der Waals surface area contributed by atoms with Crippen LogP contribution in [-0.2, 0) is 11.3 Å². The molecule has 1 saturated heterocycles. The topological polar surface area (TPSA) is 21.3 Å². The Bertz CT molecular complexity index is 402. The van der Waals surface area contributed by atoms with Gasteiger partial charge in [-0.2, -0.15) is 0 Å². The van der Waals surface area contributed by atoms with Gasteiger partial charge >= 0.3 is 0 Å². The summed E-state index contributed by atoms with van der Waals surface area (Å²) in [4.78, 5) is 0. The molecule has 2 aliphatic heterocycles. The molecule has 1 fully saturated rings. The summed E-state index contributed by atoms with van der Waals surface area (Å²) in [6.07, 6.45) is 0. The lowest BCUT2D eigenvalue weighted by Gasteiger charge is -2.37. The largest absolute Gasteiger partial charge is 0.369 e. The van der Waals surface area contributed by atoms with E-state index in [1.807, 2.05) is 0 Å². The van der Waals surface area contributed by atoms with E-state index in [0.717, 1.165) is 19.7 Å². The minimum Gasteiger partial charge on any atom is -0.369 e. The van der Waals surface area contributed by atoms with Crippen molar-refractivity contribution >= 4 is 0 Å². The number of fused-ring (bicyclic) bond motifs is 3. The normalized spacial score (nSPS) is 33.6. The molecule has 0 spiro atoms. The van der Waals surface area contributed by atoms with Crippen molar-refractivity contribution in [3.8, 4) is 0 Å². The van der Waals surface area contributed by atoms with Crippen molar-refractivity contribution in [2.24, 2.45) is 0 Å². The number of ether oxygens (including phenoxy) is 1. The van der Waals surface area contributed by atoms with Crippen LogP contribution >= 0.6 is 0 Å². The number of hydrogen-bond acceptors (Lipinski definition) is 2. The van der Waals surface area contributed by atoms with Crippen LogP contribution in [0, 0.1) is 6.92 Å². The average Bonchev–Trinajstić information content (AvgIpc) is 2.60. The first-order chi connectivity index (χ1) is 7.21. The minimum absolute atomic E-state index is 0.0147. The standard InChI is InChI=1S/C13H17NO/c1-9-4-3-5-10-11(9)7-15-13(2)8-14-6-12(10)13/h3-5,12,14H,6-8H2,1-2H3. The monoisotopic (exact) mass is 203 g/mol. The molecule has 2 nitrogen and oxygen atoms in total. The first-order valence-electron chi connectivity index (χ1n) is 5.64. The lowest BCUT2D eigenvalue weighted by Crippen LogP contribution is -2.39. The fourth-order valence-electron chi connectivity index (χ4n) is 2.88. The van der Waals surface area contributed by atoms with E-state index in [-0.39, 0.29) is 5.60 Å². The van der Waals surface area contributed by atoms with Crippen LogP contribution in [0.4, 0.5) is 0 Å². The van der Waals surface area contributed by atoms with Gasteiger partial charge in [0.05, 0.1) is 12.2 Å². The van der Waals surface area contributed by atoms with Gasteiger partial charge in [-0.05, 0) is 30.5 Å². The summed E-state index contributed by atoms with van der Waals surface area (Å²) in [5.74, 6) is 0.529. The molecule has 0 aliphatic carbocycles. The molecule has 2 atom stereocenters. The second kappa shape index (κ2) is 3.06. The maximum Gasteiger partial charge on any atom is 0.0863 e. The predicted molar refractivity (Wildman–Crippen MR) is 60.0 cm³/mol. The van der Waals surface area contributed by atoms with Gasteiger partial charge in [-0.1, -0.05) is 18.2 Å². The zero-order valence-corrected chi connectivity index (χ0v) is 9.34.